The largest absolute Gasteiger partial charge is 0.365 e. The van der Waals surface area contributed by atoms with Crippen LogP contribution in [-0.2, 0) is 24.2 Å². The number of rotatable bonds is 5. The van der Waals surface area contributed by atoms with E-state index in [4.69, 9.17) is 5.73 Å². The number of aromatic nitrogens is 2. The highest BCUT2D eigenvalue weighted by atomic mass is 32.1. The van der Waals surface area contributed by atoms with Gasteiger partial charge in [0.05, 0.1) is 10.5 Å². The molecule has 3 N–H and O–H groups in total. The molecule has 144 valence electrons. The van der Waals surface area contributed by atoms with Crippen LogP contribution in [0.15, 0.2) is 0 Å². The second-order valence-electron chi connectivity index (χ2n) is 6.90. The molecule has 1 unspecified atom stereocenters. The van der Waals surface area contributed by atoms with Crippen molar-refractivity contribution in [2.75, 3.05) is 5.32 Å². The molecular formula is C17H21N5O4S. The van der Waals surface area contributed by atoms with Gasteiger partial charge in [-0.1, -0.05) is 6.92 Å². The summed E-state index contributed by atoms with van der Waals surface area (Å²) in [7, 11) is 0. The van der Waals surface area contributed by atoms with Crippen LogP contribution in [0.3, 0.4) is 0 Å². The number of carbonyl (C=O) groups is 2. The van der Waals surface area contributed by atoms with Gasteiger partial charge in [-0.3, -0.25) is 24.4 Å². The number of hydrogen-bond donors (Lipinski definition) is 2. The highest BCUT2D eigenvalue weighted by Gasteiger charge is 2.28. The summed E-state index contributed by atoms with van der Waals surface area (Å²) in [5, 5.41) is 18.4. The maximum Gasteiger partial charge on any atom is 0.312 e. The van der Waals surface area contributed by atoms with E-state index >= 15 is 0 Å². The predicted molar refractivity (Wildman–Crippen MR) is 101 cm³/mol. The number of anilines is 1. The topological polar surface area (TPSA) is 133 Å². The fraction of sp³-hybridized carbons (Fsp3) is 0.471. The fourth-order valence-electron chi connectivity index (χ4n) is 3.51. The van der Waals surface area contributed by atoms with Crippen LogP contribution in [-0.4, -0.2) is 26.5 Å². The number of thiophene rings is 1. The fourth-order valence-corrected chi connectivity index (χ4v) is 4.94. The zero-order chi connectivity index (χ0) is 19.9. The SMILES string of the molecule is Cc1nn(CC(=O)Nc2sc3c(c2C(N)=O)CCC(C)C3)c(C)c1[N+](=O)[O-]. The normalized spacial score (nSPS) is 16.0. The van der Waals surface area contributed by atoms with Crippen LogP contribution in [0.2, 0.25) is 0 Å². The summed E-state index contributed by atoms with van der Waals surface area (Å²) in [6.45, 7) is 5.04. The van der Waals surface area contributed by atoms with Crippen LogP contribution < -0.4 is 11.1 Å². The van der Waals surface area contributed by atoms with Gasteiger partial charge in [0.15, 0.2) is 0 Å². The van der Waals surface area contributed by atoms with E-state index in [0.29, 0.717) is 22.2 Å². The smallest absolute Gasteiger partial charge is 0.312 e. The van der Waals surface area contributed by atoms with Gasteiger partial charge in [0.25, 0.3) is 5.91 Å². The van der Waals surface area contributed by atoms with Gasteiger partial charge in [0.2, 0.25) is 5.91 Å². The summed E-state index contributed by atoms with van der Waals surface area (Å²) in [5.74, 6) is -0.445. The molecule has 2 amide bonds. The van der Waals surface area contributed by atoms with Gasteiger partial charge in [-0.2, -0.15) is 5.10 Å². The summed E-state index contributed by atoms with van der Waals surface area (Å²) in [6.07, 6.45) is 2.61. The molecule has 2 heterocycles. The molecule has 2 aromatic rings. The lowest BCUT2D eigenvalue weighted by atomic mass is 9.88. The Kier molecular flexibility index (Phi) is 5.01. The number of fused-ring (bicyclic) bond motifs is 1. The molecule has 0 radical (unpaired) electrons. The average molecular weight is 391 g/mol. The zero-order valence-electron chi connectivity index (χ0n) is 15.4. The minimum absolute atomic E-state index is 0.0961. The van der Waals surface area contributed by atoms with E-state index in [2.05, 4.69) is 17.3 Å². The standard InChI is InChI=1S/C17H21N5O4S/c1-8-4-5-11-12(6-8)27-17(14(11)16(18)24)19-13(23)7-21-10(3)15(22(25)26)9(2)20-21/h8H,4-7H2,1-3H3,(H2,18,24)(H,19,23). The van der Waals surface area contributed by atoms with Crippen molar-refractivity contribution in [1.82, 2.24) is 9.78 Å². The Morgan fingerprint density at radius 3 is 2.74 bits per heavy atom. The van der Waals surface area contributed by atoms with E-state index in [1.807, 2.05) is 0 Å². The first-order chi connectivity index (χ1) is 12.7. The monoisotopic (exact) mass is 391 g/mol. The van der Waals surface area contributed by atoms with E-state index in [1.54, 1.807) is 6.92 Å². The van der Waals surface area contributed by atoms with Gasteiger partial charge in [-0.25, -0.2) is 0 Å². The van der Waals surface area contributed by atoms with Gasteiger partial charge in [-0.15, -0.1) is 11.3 Å². The first-order valence-corrected chi connectivity index (χ1v) is 9.43. The first kappa shape index (κ1) is 19.0. The van der Waals surface area contributed by atoms with E-state index in [0.717, 1.165) is 29.7 Å². The van der Waals surface area contributed by atoms with Crippen LogP contribution in [0.1, 0.15) is 45.5 Å². The number of amides is 2. The molecule has 10 heteroatoms. The van der Waals surface area contributed by atoms with Crippen molar-refractivity contribution < 1.29 is 14.5 Å². The number of hydrogen-bond acceptors (Lipinski definition) is 6. The molecule has 0 aromatic carbocycles. The van der Waals surface area contributed by atoms with Gasteiger partial charge < -0.3 is 11.1 Å². The predicted octanol–water partition coefficient (Wildman–Crippen LogP) is 2.33. The minimum atomic E-state index is -0.556. The molecule has 27 heavy (non-hydrogen) atoms. The average Bonchev–Trinajstić information content (AvgIpc) is 3.03. The Labute approximate surface area is 159 Å². The highest BCUT2D eigenvalue weighted by molar-refractivity contribution is 7.17. The molecular weight excluding hydrogens is 370 g/mol. The van der Waals surface area contributed by atoms with Crippen molar-refractivity contribution in [3.63, 3.8) is 0 Å². The molecule has 0 spiro atoms. The molecule has 0 fully saturated rings. The molecule has 3 rings (SSSR count). The van der Waals surface area contributed by atoms with Gasteiger partial charge >= 0.3 is 5.69 Å². The number of aryl methyl sites for hydroxylation is 1. The van der Waals surface area contributed by atoms with Crippen molar-refractivity contribution >= 4 is 33.8 Å². The van der Waals surface area contributed by atoms with Crippen LogP contribution in [0.25, 0.3) is 0 Å². The molecule has 2 aromatic heterocycles. The third-order valence-electron chi connectivity index (χ3n) is 4.83. The van der Waals surface area contributed by atoms with Crippen molar-refractivity contribution in [3.8, 4) is 0 Å². The molecule has 1 atom stereocenters. The number of primary amides is 1. The Hall–Kier alpha value is -2.75. The summed E-state index contributed by atoms with van der Waals surface area (Å²) in [6, 6.07) is 0. The summed E-state index contributed by atoms with van der Waals surface area (Å²) < 4.78 is 1.29. The molecule has 0 aliphatic heterocycles. The lowest BCUT2D eigenvalue weighted by molar-refractivity contribution is -0.386. The quantitative estimate of drug-likeness (QED) is 0.596. The molecule has 0 bridgehead atoms. The van der Waals surface area contributed by atoms with Crippen molar-refractivity contribution in [2.45, 2.75) is 46.6 Å². The molecule has 1 aliphatic rings. The van der Waals surface area contributed by atoms with Crippen molar-refractivity contribution in [1.29, 1.82) is 0 Å². The lowest BCUT2D eigenvalue weighted by Crippen LogP contribution is -2.22. The van der Waals surface area contributed by atoms with Gasteiger partial charge in [0.1, 0.15) is 22.9 Å². The summed E-state index contributed by atoms with van der Waals surface area (Å²) in [5.41, 5.74) is 7.33. The van der Waals surface area contributed by atoms with E-state index in [1.165, 1.54) is 22.9 Å². The number of nitrogens with one attached hydrogen (secondary N) is 1. The molecule has 0 saturated carbocycles. The number of nitrogens with two attached hydrogens (primary N) is 1. The van der Waals surface area contributed by atoms with Crippen molar-refractivity contribution in [3.05, 3.63) is 37.5 Å². The summed E-state index contributed by atoms with van der Waals surface area (Å²) >= 11 is 1.38. The number of carbonyl (C=O) groups excluding carboxylic acids is 2. The Balaban J connectivity index is 1.84. The Morgan fingerprint density at radius 2 is 2.15 bits per heavy atom. The van der Waals surface area contributed by atoms with Gasteiger partial charge in [-0.05, 0) is 44.6 Å². The molecule has 9 nitrogen and oxygen atoms in total. The maximum absolute atomic E-state index is 12.5. The first-order valence-electron chi connectivity index (χ1n) is 8.61. The Bertz CT molecular complexity index is 946. The zero-order valence-corrected chi connectivity index (χ0v) is 16.2. The van der Waals surface area contributed by atoms with Crippen LogP contribution >= 0.6 is 11.3 Å². The highest BCUT2D eigenvalue weighted by Crippen LogP contribution is 2.39. The van der Waals surface area contributed by atoms with Crippen LogP contribution in [0.5, 0.6) is 0 Å². The Morgan fingerprint density at radius 1 is 1.44 bits per heavy atom. The van der Waals surface area contributed by atoms with E-state index < -0.39 is 16.7 Å². The second-order valence-corrected chi connectivity index (χ2v) is 8.01. The minimum Gasteiger partial charge on any atom is -0.365 e. The second kappa shape index (κ2) is 7.10. The third kappa shape index (κ3) is 3.57. The van der Waals surface area contributed by atoms with E-state index in [9.17, 15) is 19.7 Å². The maximum atomic E-state index is 12.5. The molecule has 1 aliphatic carbocycles. The van der Waals surface area contributed by atoms with E-state index in [-0.39, 0.29) is 17.9 Å². The number of nitrogens with zero attached hydrogens (tertiary/aromatic N) is 3. The van der Waals surface area contributed by atoms with Gasteiger partial charge in [0, 0.05) is 4.88 Å². The van der Waals surface area contributed by atoms with Crippen LogP contribution in [0.4, 0.5) is 10.7 Å². The van der Waals surface area contributed by atoms with Crippen LogP contribution in [0, 0.1) is 29.9 Å². The van der Waals surface area contributed by atoms with Crippen molar-refractivity contribution in [2.24, 2.45) is 11.7 Å². The third-order valence-corrected chi connectivity index (χ3v) is 6.00. The number of nitro groups is 1. The lowest BCUT2D eigenvalue weighted by Gasteiger charge is -2.18. The summed E-state index contributed by atoms with van der Waals surface area (Å²) in [4.78, 5) is 36.1. The molecule has 0 saturated heterocycles.